The molecule has 13 heavy (non-hydrogen) atoms. The maximum atomic E-state index is 10.9. The monoisotopic (exact) mass is 182 g/mol. The van der Waals surface area contributed by atoms with Crippen molar-refractivity contribution in [3.63, 3.8) is 0 Å². The molecule has 0 spiro atoms. The number of nitrogens with one attached hydrogen (secondary N) is 1. The van der Waals surface area contributed by atoms with Gasteiger partial charge in [0, 0.05) is 11.9 Å². The third kappa shape index (κ3) is 1.72. The zero-order chi connectivity index (χ0) is 10.1. The van der Waals surface area contributed by atoms with Crippen LogP contribution in [0.15, 0.2) is 18.3 Å². The third-order valence-electron chi connectivity index (χ3n) is 2.29. The van der Waals surface area contributed by atoms with Crippen LogP contribution in [0.5, 0.6) is 0 Å². The second-order valence-electron chi connectivity index (χ2n) is 3.63. The van der Waals surface area contributed by atoms with Crippen LogP contribution < -0.4 is 5.73 Å². The van der Waals surface area contributed by atoms with Crippen LogP contribution in [-0.4, -0.2) is 16.1 Å². The highest BCUT2D eigenvalue weighted by Gasteiger charge is 2.35. The topological polar surface area (TPSA) is 79.1 Å². The number of nitrogens with two attached hydrogens (primary N) is 1. The van der Waals surface area contributed by atoms with Crippen molar-refractivity contribution in [1.29, 1.82) is 0 Å². The Morgan fingerprint density at radius 1 is 1.69 bits per heavy atom. The van der Waals surface area contributed by atoms with E-state index in [1.807, 2.05) is 0 Å². The van der Waals surface area contributed by atoms with Gasteiger partial charge in [-0.25, -0.2) is 0 Å². The number of hydrogen-bond donors (Lipinski definition) is 3. The van der Waals surface area contributed by atoms with Crippen LogP contribution in [0.25, 0.3) is 0 Å². The Morgan fingerprint density at radius 2 is 2.31 bits per heavy atom. The molecule has 0 saturated carbocycles. The first-order valence-corrected chi connectivity index (χ1v) is 4.08. The number of hydrogen-bond acceptors (Lipinski definition) is 2. The molecule has 1 atom stereocenters. The van der Waals surface area contributed by atoms with Gasteiger partial charge in [0.1, 0.15) is 0 Å². The second kappa shape index (κ2) is 3.22. The highest BCUT2D eigenvalue weighted by molar-refractivity contribution is 5.74. The van der Waals surface area contributed by atoms with Crippen LogP contribution in [-0.2, 0) is 4.79 Å². The highest BCUT2D eigenvalue weighted by atomic mass is 16.4. The van der Waals surface area contributed by atoms with Crippen molar-refractivity contribution < 1.29 is 9.90 Å². The van der Waals surface area contributed by atoms with Crippen molar-refractivity contribution in [2.75, 3.05) is 0 Å². The minimum Gasteiger partial charge on any atom is -0.481 e. The predicted octanol–water partition coefficient (Wildman–Crippen LogP) is 1.13. The molecule has 72 valence electrons. The van der Waals surface area contributed by atoms with Gasteiger partial charge in [-0.3, -0.25) is 4.79 Å². The quantitative estimate of drug-likeness (QED) is 0.655. The second-order valence-corrected chi connectivity index (χ2v) is 3.63. The van der Waals surface area contributed by atoms with Crippen LogP contribution in [0.2, 0.25) is 0 Å². The molecule has 0 bridgehead atoms. The van der Waals surface area contributed by atoms with Crippen molar-refractivity contribution in [3.8, 4) is 0 Å². The van der Waals surface area contributed by atoms with Crippen LogP contribution in [0, 0.1) is 5.41 Å². The molecule has 1 rings (SSSR count). The molecule has 0 aromatic carbocycles. The molecule has 1 aromatic heterocycles. The molecule has 1 unspecified atom stereocenters. The molecule has 4 N–H and O–H groups in total. The molecule has 1 aromatic rings. The molecular formula is C9H14N2O2. The van der Waals surface area contributed by atoms with E-state index in [0.717, 1.165) is 5.69 Å². The van der Waals surface area contributed by atoms with E-state index >= 15 is 0 Å². The summed E-state index contributed by atoms with van der Waals surface area (Å²) in [6.07, 6.45) is 1.73. The SMILES string of the molecule is CC(C)(C(=O)O)C(N)c1ccc[nH]1. The van der Waals surface area contributed by atoms with Gasteiger partial charge in [0.15, 0.2) is 0 Å². The van der Waals surface area contributed by atoms with E-state index in [1.54, 1.807) is 32.2 Å². The number of rotatable bonds is 3. The number of aliphatic carboxylic acids is 1. The molecule has 0 aliphatic heterocycles. The van der Waals surface area contributed by atoms with Crippen molar-refractivity contribution in [3.05, 3.63) is 24.0 Å². The van der Waals surface area contributed by atoms with Crippen LogP contribution >= 0.6 is 0 Å². The van der Waals surface area contributed by atoms with Gasteiger partial charge in [0.25, 0.3) is 0 Å². The van der Waals surface area contributed by atoms with E-state index in [2.05, 4.69) is 4.98 Å². The lowest BCUT2D eigenvalue weighted by Gasteiger charge is -2.26. The summed E-state index contributed by atoms with van der Waals surface area (Å²) in [6, 6.07) is 3.07. The fourth-order valence-electron chi connectivity index (χ4n) is 1.06. The summed E-state index contributed by atoms with van der Waals surface area (Å²) in [7, 11) is 0. The van der Waals surface area contributed by atoms with E-state index in [4.69, 9.17) is 10.8 Å². The van der Waals surface area contributed by atoms with Crippen molar-refractivity contribution in [2.45, 2.75) is 19.9 Å². The van der Waals surface area contributed by atoms with Crippen LogP contribution in [0.3, 0.4) is 0 Å². The summed E-state index contributed by atoms with van der Waals surface area (Å²) in [5.74, 6) is -0.894. The molecule has 4 nitrogen and oxygen atoms in total. The van der Waals surface area contributed by atoms with E-state index in [0.29, 0.717) is 0 Å². The molecule has 0 aliphatic rings. The molecule has 0 saturated heterocycles. The Hall–Kier alpha value is -1.29. The maximum Gasteiger partial charge on any atom is 0.311 e. The lowest BCUT2D eigenvalue weighted by atomic mass is 9.83. The molecule has 0 amide bonds. The normalized spacial score (nSPS) is 14.1. The Balaban J connectivity index is 2.90. The van der Waals surface area contributed by atoms with E-state index in [-0.39, 0.29) is 0 Å². The average molecular weight is 182 g/mol. The molecule has 0 aliphatic carbocycles. The third-order valence-corrected chi connectivity index (χ3v) is 2.29. The molecular weight excluding hydrogens is 168 g/mol. The molecule has 0 radical (unpaired) electrons. The van der Waals surface area contributed by atoms with Gasteiger partial charge in [-0.2, -0.15) is 0 Å². The minimum absolute atomic E-state index is 0.514. The number of aromatic amines is 1. The summed E-state index contributed by atoms with van der Waals surface area (Å²) < 4.78 is 0. The lowest BCUT2D eigenvalue weighted by molar-refractivity contribution is -0.148. The van der Waals surface area contributed by atoms with Gasteiger partial charge in [0.2, 0.25) is 0 Å². The summed E-state index contributed by atoms with van der Waals surface area (Å²) in [5, 5.41) is 8.92. The maximum absolute atomic E-state index is 10.9. The summed E-state index contributed by atoms with van der Waals surface area (Å²) in [6.45, 7) is 3.22. The van der Waals surface area contributed by atoms with Crippen LogP contribution in [0.4, 0.5) is 0 Å². The molecule has 1 heterocycles. The molecule has 4 heteroatoms. The first kappa shape index (κ1) is 9.80. The summed E-state index contributed by atoms with van der Waals surface area (Å²) in [4.78, 5) is 13.8. The number of carboxylic acid groups (broad SMARTS) is 1. The Kier molecular flexibility index (Phi) is 2.43. The van der Waals surface area contributed by atoms with Gasteiger partial charge in [-0.15, -0.1) is 0 Å². The lowest BCUT2D eigenvalue weighted by Crippen LogP contribution is -2.36. The first-order chi connectivity index (χ1) is 5.96. The smallest absolute Gasteiger partial charge is 0.311 e. The Labute approximate surface area is 76.8 Å². The Morgan fingerprint density at radius 3 is 2.69 bits per heavy atom. The number of carboxylic acids is 1. The number of carbonyl (C=O) groups is 1. The largest absolute Gasteiger partial charge is 0.481 e. The number of aromatic nitrogens is 1. The van der Waals surface area contributed by atoms with E-state index in [9.17, 15) is 4.79 Å². The fraction of sp³-hybridized carbons (Fsp3) is 0.444. The van der Waals surface area contributed by atoms with Gasteiger partial charge in [-0.05, 0) is 26.0 Å². The van der Waals surface area contributed by atoms with Gasteiger partial charge < -0.3 is 15.8 Å². The Bertz CT molecular complexity index is 291. The number of H-pyrrole nitrogens is 1. The first-order valence-electron chi connectivity index (χ1n) is 4.08. The van der Waals surface area contributed by atoms with Gasteiger partial charge in [-0.1, -0.05) is 0 Å². The minimum atomic E-state index is -0.954. The summed E-state index contributed by atoms with van der Waals surface area (Å²) >= 11 is 0. The van der Waals surface area contributed by atoms with E-state index in [1.165, 1.54) is 0 Å². The van der Waals surface area contributed by atoms with Gasteiger partial charge in [0.05, 0.1) is 11.5 Å². The zero-order valence-electron chi connectivity index (χ0n) is 7.74. The van der Waals surface area contributed by atoms with Crippen molar-refractivity contribution in [2.24, 2.45) is 11.1 Å². The van der Waals surface area contributed by atoms with E-state index < -0.39 is 17.4 Å². The zero-order valence-corrected chi connectivity index (χ0v) is 7.74. The summed E-state index contributed by atoms with van der Waals surface area (Å²) in [5.41, 5.74) is 5.60. The standard InChI is InChI=1S/C9H14N2O2/c1-9(2,8(12)13)7(10)6-4-3-5-11-6/h3-5,7,11H,10H2,1-2H3,(H,12,13). The highest BCUT2D eigenvalue weighted by Crippen LogP contribution is 2.30. The fourth-order valence-corrected chi connectivity index (χ4v) is 1.06. The predicted molar refractivity (Wildman–Crippen MR) is 49.1 cm³/mol. The average Bonchev–Trinajstić information content (AvgIpc) is 2.54. The van der Waals surface area contributed by atoms with Crippen molar-refractivity contribution >= 4 is 5.97 Å². The van der Waals surface area contributed by atoms with Gasteiger partial charge >= 0.3 is 5.97 Å². The molecule has 0 fully saturated rings. The van der Waals surface area contributed by atoms with Crippen molar-refractivity contribution in [1.82, 2.24) is 4.98 Å². The van der Waals surface area contributed by atoms with Crippen LogP contribution in [0.1, 0.15) is 25.6 Å².